The molecule has 0 saturated heterocycles. The topological polar surface area (TPSA) is 65.9 Å². The predicted molar refractivity (Wildman–Crippen MR) is 105 cm³/mol. The second-order valence-electron chi connectivity index (χ2n) is 6.32. The maximum atomic E-state index is 9.33. The first-order valence-electron chi connectivity index (χ1n) is 9.50. The van der Waals surface area contributed by atoms with E-state index >= 15 is 0 Å². The third-order valence-corrected chi connectivity index (χ3v) is 4.68. The summed E-state index contributed by atoms with van der Waals surface area (Å²) in [5.41, 5.74) is 0.0908. The van der Waals surface area contributed by atoms with E-state index in [2.05, 4.69) is 31.4 Å². The Balaban J connectivity index is 2.41. The summed E-state index contributed by atoms with van der Waals surface area (Å²) in [6, 6.07) is 9.87. The zero-order valence-corrected chi connectivity index (χ0v) is 16.1. The summed E-state index contributed by atoms with van der Waals surface area (Å²) in [4.78, 5) is 4.74. The highest BCUT2D eigenvalue weighted by Crippen LogP contribution is 2.30. The largest absolute Gasteiger partial charge is 0.494 e. The lowest BCUT2D eigenvalue weighted by atomic mass is 9.79. The van der Waals surface area contributed by atoms with Gasteiger partial charge in [0, 0.05) is 26.2 Å². The van der Waals surface area contributed by atoms with Gasteiger partial charge in [-0.15, -0.1) is 0 Å². The molecule has 25 heavy (non-hydrogen) atoms. The van der Waals surface area contributed by atoms with Crippen LogP contribution in [0.15, 0.2) is 35.3 Å². The van der Waals surface area contributed by atoms with Crippen molar-refractivity contribution in [3.05, 3.63) is 30.3 Å². The van der Waals surface area contributed by atoms with Gasteiger partial charge in [-0.1, -0.05) is 32.0 Å². The number of guanidine groups is 1. The summed E-state index contributed by atoms with van der Waals surface area (Å²) in [6.07, 6.45) is 3.76. The number of nitrogens with zero attached hydrogens (tertiary/aromatic N) is 1. The van der Waals surface area contributed by atoms with Crippen LogP contribution in [0.3, 0.4) is 0 Å². The van der Waals surface area contributed by atoms with Crippen LogP contribution in [0.25, 0.3) is 0 Å². The van der Waals surface area contributed by atoms with Crippen molar-refractivity contribution < 1.29 is 9.84 Å². The Bertz CT molecular complexity index is 473. The first kappa shape index (κ1) is 21.3. The summed E-state index contributed by atoms with van der Waals surface area (Å²) in [5.74, 6) is 1.74. The van der Waals surface area contributed by atoms with Gasteiger partial charge in [0.15, 0.2) is 5.96 Å². The van der Waals surface area contributed by atoms with Crippen LogP contribution in [0.2, 0.25) is 0 Å². The van der Waals surface area contributed by atoms with Gasteiger partial charge in [-0.3, -0.25) is 4.99 Å². The van der Waals surface area contributed by atoms with E-state index in [-0.39, 0.29) is 12.0 Å². The van der Waals surface area contributed by atoms with E-state index in [1.807, 2.05) is 30.3 Å². The van der Waals surface area contributed by atoms with E-state index in [4.69, 9.17) is 9.73 Å². The van der Waals surface area contributed by atoms with E-state index < -0.39 is 0 Å². The van der Waals surface area contributed by atoms with Crippen molar-refractivity contribution in [2.24, 2.45) is 10.4 Å². The van der Waals surface area contributed by atoms with Gasteiger partial charge in [0.05, 0.1) is 6.61 Å². The standard InChI is InChI=1S/C20H35N3O2/c1-4-20(5-2,13-15-24)17-23-19(21-6-3)22-14-10-16-25-18-11-8-7-9-12-18/h7-9,11-12,24H,4-6,10,13-17H2,1-3H3,(H2,21,22,23). The van der Waals surface area contributed by atoms with Gasteiger partial charge in [0.2, 0.25) is 0 Å². The average Bonchev–Trinajstić information content (AvgIpc) is 2.65. The molecule has 0 spiro atoms. The predicted octanol–water partition coefficient (Wildman–Crippen LogP) is 3.20. The zero-order chi connectivity index (χ0) is 18.4. The highest BCUT2D eigenvalue weighted by molar-refractivity contribution is 5.79. The third-order valence-electron chi connectivity index (χ3n) is 4.68. The van der Waals surface area contributed by atoms with Crippen LogP contribution >= 0.6 is 0 Å². The Morgan fingerprint density at radius 3 is 2.44 bits per heavy atom. The number of aliphatic imine (C=N–C) groups is 1. The summed E-state index contributed by atoms with van der Waals surface area (Å²) >= 11 is 0. The molecule has 0 saturated carbocycles. The maximum absolute atomic E-state index is 9.33. The van der Waals surface area contributed by atoms with Crippen molar-refractivity contribution in [3.8, 4) is 5.75 Å². The van der Waals surface area contributed by atoms with Gasteiger partial charge in [-0.05, 0) is 50.2 Å². The molecule has 0 fully saturated rings. The lowest BCUT2D eigenvalue weighted by Gasteiger charge is -2.29. The molecule has 5 heteroatoms. The minimum atomic E-state index is 0.0908. The number of hydrogen-bond acceptors (Lipinski definition) is 3. The molecule has 0 unspecified atom stereocenters. The minimum absolute atomic E-state index is 0.0908. The van der Waals surface area contributed by atoms with Crippen LogP contribution in [-0.4, -0.2) is 43.9 Å². The van der Waals surface area contributed by atoms with Crippen LogP contribution in [0.5, 0.6) is 5.75 Å². The van der Waals surface area contributed by atoms with E-state index in [1.54, 1.807) is 0 Å². The normalized spacial score (nSPS) is 12.1. The molecular weight excluding hydrogens is 314 g/mol. The molecule has 1 aromatic carbocycles. The van der Waals surface area contributed by atoms with Crippen LogP contribution in [0, 0.1) is 5.41 Å². The zero-order valence-electron chi connectivity index (χ0n) is 16.1. The number of nitrogens with one attached hydrogen (secondary N) is 2. The molecule has 0 aliphatic heterocycles. The van der Waals surface area contributed by atoms with Gasteiger partial charge in [0.1, 0.15) is 5.75 Å². The number of hydrogen-bond donors (Lipinski definition) is 3. The molecule has 0 atom stereocenters. The minimum Gasteiger partial charge on any atom is -0.494 e. The molecule has 0 radical (unpaired) electrons. The fourth-order valence-corrected chi connectivity index (χ4v) is 2.72. The SMILES string of the molecule is CCNC(=NCC(CC)(CC)CCO)NCCCOc1ccccc1. The fraction of sp³-hybridized carbons (Fsp3) is 0.650. The third kappa shape index (κ3) is 8.25. The van der Waals surface area contributed by atoms with Crippen molar-refractivity contribution in [1.29, 1.82) is 0 Å². The molecule has 142 valence electrons. The molecule has 0 amide bonds. The van der Waals surface area contributed by atoms with Gasteiger partial charge in [-0.2, -0.15) is 0 Å². The summed E-state index contributed by atoms with van der Waals surface area (Å²) in [5, 5.41) is 16.0. The second kappa shape index (κ2) is 12.6. The smallest absolute Gasteiger partial charge is 0.191 e. The van der Waals surface area contributed by atoms with E-state index in [0.717, 1.165) is 57.0 Å². The molecule has 0 aliphatic carbocycles. The number of aliphatic hydroxyl groups is 1. The van der Waals surface area contributed by atoms with Gasteiger partial charge in [-0.25, -0.2) is 0 Å². The summed E-state index contributed by atoms with van der Waals surface area (Å²) in [7, 11) is 0. The summed E-state index contributed by atoms with van der Waals surface area (Å²) < 4.78 is 5.70. The van der Waals surface area contributed by atoms with E-state index in [0.29, 0.717) is 6.61 Å². The Hall–Kier alpha value is -1.75. The first-order valence-corrected chi connectivity index (χ1v) is 9.50. The molecule has 0 heterocycles. The Labute approximate surface area is 152 Å². The van der Waals surface area contributed by atoms with Crippen molar-refractivity contribution in [2.45, 2.75) is 46.5 Å². The summed E-state index contributed by atoms with van der Waals surface area (Å²) in [6.45, 7) is 9.69. The Morgan fingerprint density at radius 1 is 1.12 bits per heavy atom. The van der Waals surface area contributed by atoms with Crippen LogP contribution < -0.4 is 15.4 Å². The second-order valence-corrected chi connectivity index (χ2v) is 6.32. The lowest BCUT2D eigenvalue weighted by Crippen LogP contribution is -2.39. The number of benzene rings is 1. The monoisotopic (exact) mass is 349 g/mol. The fourth-order valence-electron chi connectivity index (χ4n) is 2.72. The molecule has 0 aliphatic rings. The maximum Gasteiger partial charge on any atom is 0.191 e. The molecule has 0 aromatic heterocycles. The number of rotatable bonds is 12. The molecular formula is C20H35N3O2. The number of aliphatic hydroxyl groups excluding tert-OH is 1. The van der Waals surface area contributed by atoms with Crippen LogP contribution in [0.4, 0.5) is 0 Å². The molecule has 5 nitrogen and oxygen atoms in total. The molecule has 0 bridgehead atoms. The van der Waals surface area contributed by atoms with E-state index in [1.165, 1.54) is 0 Å². The van der Waals surface area contributed by atoms with Crippen molar-refractivity contribution >= 4 is 5.96 Å². The quantitative estimate of drug-likeness (QED) is 0.308. The van der Waals surface area contributed by atoms with Gasteiger partial charge in [0.25, 0.3) is 0 Å². The lowest BCUT2D eigenvalue weighted by molar-refractivity contribution is 0.175. The van der Waals surface area contributed by atoms with Crippen molar-refractivity contribution in [2.75, 3.05) is 32.8 Å². The molecule has 3 N–H and O–H groups in total. The van der Waals surface area contributed by atoms with Crippen molar-refractivity contribution in [3.63, 3.8) is 0 Å². The van der Waals surface area contributed by atoms with Crippen LogP contribution in [-0.2, 0) is 0 Å². The highest BCUT2D eigenvalue weighted by atomic mass is 16.5. The van der Waals surface area contributed by atoms with Gasteiger partial charge >= 0.3 is 0 Å². The van der Waals surface area contributed by atoms with Crippen molar-refractivity contribution in [1.82, 2.24) is 10.6 Å². The number of para-hydroxylation sites is 1. The van der Waals surface area contributed by atoms with Crippen LogP contribution in [0.1, 0.15) is 46.5 Å². The molecule has 1 rings (SSSR count). The average molecular weight is 350 g/mol. The first-order chi connectivity index (χ1) is 12.2. The van der Waals surface area contributed by atoms with E-state index in [9.17, 15) is 5.11 Å². The Morgan fingerprint density at radius 2 is 1.84 bits per heavy atom. The van der Waals surface area contributed by atoms with Gasteiger partial charge < -0.3 is 20.5 Å². The Kier molecular flexibility index (Phi) is 10.7. The molecule has 1 aromatic rings. The number of ether oxygens (including phenoxy) is 1. The highest BCUT2D eigenvalue weighted by Gasteiger charge is 2.25.